The summed E-state index contributed by atoms with van der Waals surface area (Å²) in [5.41, 5.74) is 0.537. The van der Waals surface area contributed by atoms with Crippen molar-refractivity contribution in [2.75, 3.05) is 6.54 Å². The Labute approximate surface area is 105 Å². The van der Waals surface area contributed by atoms with Crippen LogP contribution in [0.3, 0.4) is 0 Å². The lowest BCUT2D eigenvalue weighted by Crippen LogP contribution is -2.33. The topological polar surface area (TPSA) is 92.5 Å². The third-order valence-electron chi connectivity index (χ3n) is 2.55. The molecular weight excluding hydrogens is 236 g/mol. The summed E-state index contributed by atoms with van der Waals surface area (Å²) < 4.78 is 0. The number of non-ortho nitro benzene ring substituents is 1. The van der Waals surface area contributed by atoms with E-state index < -0.39 is 16.9 Å². The number of nitro benzene ring substituents is 1. The van der Waals surface area contributed by atoms with Crippen molar-refractivity contribution in [1.82, 2.24) is 5.32 Å². The quantitative estimate of drug-likeness (QED) is 0.608. The van der Waals surface area contributed by atoms with Crippen LogP contribution in [0.1, 0.15) is 25.3 Å². The first-order chi connectivity index (χ1) is 8.41. The maximum atomic E-state index is 11.7. The Kier molecular flexibility index (Phi) is 4.79. The largest absolute Gasteiger partial charge is 0.392 e. The van der Waals surface area contributed by atoms with Crippen LogP contribution in [0.4, 0.5) is 5.69 Å². The zero-order chi connectivity index (χ0) is 13.7. The normalized spacial score (nSPS) is 13.7. The van der Waals surface area contributed by atoms with Gasteiger partial charge in [0.15, 0.2) is 0 Å². The van der Waals surface area contributed by atoms with E-state index in [9.17, 15) is 14.9 Å². The molecule has 0 saturated carbocycles. The predicted octanol–water partition coefficient (Wildman–Crippen LogP) is 1.20. The molecule has 1 amide bonds. The average molecular weight is 252 g/mol. The molecule has 1 aromatic carbocycles. The fourth-order valence-corrected chi connectivity index (χ4v) is 1.46. The van der Waals surface area contributed by atoms with Gasteiger partial charge >= 0.3 is 0 Å². The summed E-state index contributed by atoms with van der Waals surface area (Å²) in [7, 11) is 0. The van der Waals surface area contributed by atoms with E-state index in [0.717, 1.165) is 0 Å². The van der Waals surface area contributed by atoms with Crippen molar-refractivity contribution >= 4 is 11.6 Å². The zero-order valence-corrected chi connectivity index (χ0v) is 10.3. The van der Waals surface area contributed by atoms with Gasteiger partial charge in [-0.1, -0.05) is 12.1 Å². The molecule has 0 bridgehead atoms. The molecule has 0 saturated heterocycles. The number of benzene rings is 1. The molecule has 1 aromatic rings. The van der Waals surface area contributed by atoms with E-state index in [1.54, 1.807) is 26.0 Å². The fraction of sp³-hybridized carbons (Fsp3) is 0.417. The fourth-order valence-electron chi connectivity index (χ4n) is 1.46. The first-order valence-electron chi connectivity index (χ1n) is 5.62. The summed E-state index contributed by atoms with van der Waals surface area (Å²) in [6, 6.07) is 5.97. The lowest BCUT2D eigenvalue weighted by Gasteiger charge is -2.13. The van der Waals surface area contributed by atoms with Crippen molar-refractivity contribution in [2.45, 2.75) is 25.9 Å². The van der Waals surface area contributed by atoms with Gasteiger partial charge in [-0.25, -0.2) is 0 Å². The van der Waals surface area contributed by atoms with Crippen LogP contribution >= 0.6 is 0 Å². The number of carbonyl (C=O) groups excluding carboxylic acids is 1. The van der Waals surface area contributed by atoms with Gasteiger partial charge in [0.25, 0.3) is 5.69 Å². The summed E-state index contributed by atoms with van der Waals surface area (Å²) in [4.78, 5) is 21.9. The van der Waals surface area contributed by atoms with E-state index in [1.165, 1.54) is 12.1 Å². The SMILES string of the molecule is CC(C(=O)NC[C@@H](C)O)c1cccc([N+](=O)[O-])c1. The Morgan fingerprint density at radius 3 is 2.72 bits per heavy atom. The number of nitrogens with one attached hydrogen (secondary N) is 1. The van der Waals surface area contributed by atoms with Gasteiger partial charge in [-0.15, -0.1) is 0 Å². The number of hydrogen-bond acceptors (Lipinski definition) is 4. The van der Waals surface area contributed by atoms with Crippen LogP contribution in [0.15, 0.2) is 24.3 Å². The minimum absolute atomic E-state index is 0.0392. The number of amides is 1. The van der Waals surface area contributed by atoms with E-state index in [1.807, 2.05) is 0 Å². The highest BCUT2D eigenvalue weighted by atomic mass is 16.6. The molecule has 98 valence electrons. The van der Waals surface area contributed by atoms with Gasteiger partial charge in [0.2, 0.25) is 5.91 Å². The van der Waals surface area contributed by atoms with Crippen molar-refractivity contribution < 1.29 is 14.8 Å². The average Bonchev–Trinajstić information content (AvgIpc) is 2.35. The minimum Gasteiger partial charge on any atom is -0.392 e. The van der Waals surface area contributed by atoms with E-state index in [2.05, 4.69) is 5.32 Å². The molecule has 2 N–H and O–H groups in total. The molecule has 0 aliphatic carbocycles. The highest BCUT2D eigenvalue weighted by Crippen LogP contribution is 2.20. The van der Waals surface area contributed by atoms with Crippen molar-refractivity contribution in [3.63, 3.8) is 0 Å². The molecule has 0 heterocycles. The molecule has 0 aliphatic rings. The van der Waals surface area contributed by atoms with Gasteiger partial charge in [0.05, 0.1) is 16.9 Å². The minimum atomic E-state index is -0.619. The third-order valence-corrected chi connectivity index (χ3v) is 2.55. The zero-order valence-electron chi connectivity index (χ0n) is 10.3. The Hall–Kier alpha value is -1.95. The van der Waals surface area contributed by atoms with Gasteiger partial charge in [0, 0.05) is 18.7 Å². The van der Waals surface area contributed by atoms with Crippen LogP contribution in [0.2, 0.25) is 0 Å². The van der Waals surface area contributed by atoms with Crippen LogP contribution in [0.5, 0.6) is 0 Å². The van der Waals surface area contributed by atoms with Gasteiger partial charge in [-0.3, -0.25) is 14.9 Å². The number of nitro groups is 1. The number of rotatable bonds is 5. The molecule has 6 nitrogen and oxygen atoms in total. The smallest absolute Gasteiger partial charge is 0.269 e. The van der Waals surface area contributed by atoms with Crippen molar-refractivity contribution in [2.24, 2.45) is 0 Å². The second-order valence-corrected chi connectivity index (χ2v) is 4.17. The van der Waals surface area contributed by atoms with Crippen molar-refractivity contribution in [3.05, 3.63) is 39.9 Å². The molecule has 18 heavy (non-hydrogen) atoms. The highest BCUT2D eigenvalue weighted by molar-refractivity contribution is 5.83. The number of hydrogen-bond donors (Lipinski definition) is 2. The van der Waals surface area contributed by atoms with E-state index >= 15 is 0 Å². The lowest BCUT2D eigenvalue weighted by atomic mass is 10.00. The first-order valence-corrected chi connectivity index (χ1v) is 5.62. The summed E-state index contributed by atoms with van der Waals surface area (Å²) in [6.45, 7) is 3.40. The summed E-state index contributed by atoms with van der Waals surface area (Å²) in [6.07, 6.45) is -0.619. The summed E-state index contributed by atoms with van der Waals surface area (Å²) in [5.74, 6) is -0.764. The Morgan fingerprint density at radius 1 is 1.50 bits per heavy atom. The molecule has 0 spiro atoms. The van der Waals surface area contributed by atoms with Gasteiger partial charge < -0.3 is 10.4 Å². The van der Waals surface area contributed by atoms with Gasteiger partial charge in [-0.2, -0.15) is 0 Å². The second-order valence-electron chi connectivity index (χ2n) is 4.17. The van der Waals surface area contributed by atoms with Gasteiger partial charge in [0.1, 0.15) is 0 Å². The Balaban J connectivity index is 2.77. The standard InChI is InChI=1S/C12H16N2O4/c1-8(15)7-13-12(16)9(2)10-4-3-5-11(6-10)14(17)18/h3-6,8-9,15H,7H2,1-2H3,(H,13,16)/t8-,9?/m1/s1. The number of carbonyl (C=O) groups is 1. The second kappa shape index (κ2) is 6.11. The lowest BCUT2D eigenvalue weighted by molar-refractivity contribution is -0.384. The molecular formula is C12H16N2O4. The molecule has 2 atom stereocenters. The Morgan fingerprint density at radius 2 is 2.17 bits per heavy atom. The Bertz CT molecular complexity index is 445. The van der Waals surface area contributed by atoms with E-state index in [4.69, 9.17) is 5.11 Å². The van der Waals surface area contributed by atoms with Crippen LogP contribution < -0.4 is 5.32 Å². The molecule has 6 heteroatoms. The molecule has 0 radical (unpaired) electrons. The molecule has 0 aromatic heterocycles. The van der Waals surface area contributed by atoms with Crippen LogP contribution in [-0.4, -0.2) is 28.6 Å². The predicted molar refractivity (Wildman–Crippen MR) is 66.2 cm³/mol. The third kappa shape index (κ3) is 3.81. The van der Waals surface area contributed by atoms with Crippen LogP contribution in [-0.2, 0) is 4.79 Å². The van der Waals surface area contributed by atoms with Crippen molar-refractivity contribution in [3.8, 4) is 0 Å². The molecule has 0 aliphatic heterocycles. The van der Waals surface area contributed by atoms with E-state index in [-0.39, 0.29) is 18.1 Å². The van der Waals surface area contributed by atoms with E-state index in [0.29, 0.717) is 5.56 Å². The first kappa shape index (κ1) is 14.1. The number of aliphatic hydroxyl groups excluding tert-OH is 1. The molecule has 1 unspecified atom stereocenters. The van der Waals surface area contributed by atoms with Crippen molar-refractivity contribution in [1.29, 1.82) is 0 Å². The summed E-state index contributed by atoms with van der Waals surface area (Å²) in [5, 5.41) is 22.3. The maximum absolute atomic E-state index is 11.7. The monoisotopic (exact) mass is 252 g/mol. The molecule has 0 fully saturated rings. The van der Waals surface area contributed by atoms with Gasteiger partial charge in [-0.05, 0) is 19.4 Å². The summed E-state index contributed by atoms with van der Waals surface area (Å²) >= 11 is 0. The maximum Gasteiger partial charge on any atom is 0.269 e. The number of aliphatic hydroxyl groups is 1. The van der Waals surface area contributed by atoms with Crippen LogP contribution in [0, 0.1) is 10.1 Å². The number of nitrogens with zero attached hydrogens (tertiary/aromatic N) is 1. The highest BCUT2D eigenvalue weighted by Gasteiger charge is 2.17. The van der Waals surface area contributed by atoms with Crippen LogP contribution in [0.25, 0.3) is 0 Å². The molecule has 1 rings (SSSR count).